The highest BCUT2D eigenvalue weighted by molar-refractivity contribution is 7.99. The lowest BCUT2D eigenvalue weighted by molar-refractivity contribution is -0.115. The normalized spacial score (nSPS) is 10.7. The van der Waals surface area contributed by atoms with E-state index in [0.717, 1.165) is 28.1 Å². The molecule has 5 nitrogen and oxygen atoms in total. The number of nitrogens with zero attached hydrogens (tertiary/aromatic N) is 3. The number of thioether (sulfide) groups is 1. The quantitative estimate of drug-likeness (QED) is 0.645. The average molecular weight is 358 g/mol. The van der Waals surface area contributed by atoms with Crippen molar-refractivity contribution in [3.63, 3.8) is 0 Å². The molecule has 0 unspecified atom stereocenters. The molecule has 3 rings (SSSR count). The molecule has 0 saturated heterocycles. The monoisotopic (exact) mass is 358 g/mol. The number of aromatic nitrogens is 3. The van der Waals surface area contributed by atoms with Crippen LogP contribution in [0.5, 0.6) is 0 Å². The lowest BCUT2D eigenvalue weighted by Gasteiger charge is -2.07. The molecule has 0 radical (unpaired) electrons. The Morgan fingerprint density at radius 2 is 2.04 bits per heavy atom. The molecule has 0 saturated carbocycles. The molecule has 24 heavy (non-hydrogen) atoms. The fourth-order valence-electron chi connectivity index (χ4n) is 2.25. The standard InChI is InChI=1S/C17H18N4OS2/c1-2-21-16(14-9-6-11-23-14)19-20-17(21)24-12-10-15(22)18-13-7-4-3-5-8-13/h3-9,11H,2,10,12H2,1H3,(H,18,22). The van der Waals surface area contributed by atoms with E-state index >= 15 is 0 Å². The highest BCUT2D eigenvalue weighted by atomic mass is 32.2. The fourth-order valence-corrected chi connectivity index (χ4v) is 3.91. The lowest BCUT2D eigenvalue weighted by Crippen LogP contribution is -2.12. The van der Waals surface area contributed by atoms with Crippen LogP contribution in [0.4, 0.5) is 5.69 Å². The molecule has 0 aliphatic heterocycles. The van der Waals surface area contributed by atoms with Gasteiger partial charge < -0.3 is 9.88 Å². The summed E-state index contributed by atoms with van der Waals surface area (Å²) in [5, 5.41) is 14.4. The molecule has 1 N–H and O–H groups in total. The molecule has 0 atom stereocenters. The molecule has 1 aromatic carbocycles. The number of hydrogen-bond acceptors (Lipinski definition) is 5. The third-order valence-corrected chi connectivity index (χ3v) is 5.23. The van der Waals surface area contributed by atoms with Crippen LogP contribution >= 0.6 is 23.1 Å². The lowest BCUT2D eigenvalue weighted by atomic mass is 10.3. The summed E-state index contributed by atoms with van der Waals surface area (Å²) >= 11 is 3.21. The summed E-state index contributed by atoms with van der Waals surface area (Å²) in [5.74, 6) is 1.57. The SMILES string of the molecule is CCn1c(SCCC(=O)Nc2ccccc2)nnc1-c1cccs1. The second-order valence-corrected chi connectivity index (χ2v) is 7.05. The van der Waals surface area contributed by atoms with Gasteiger partial charge in [0.25, 0.3) is 0 Å². The smallest absolute Gasteiger partial charge is 0.225 e. The van der Waals surface area contributed by atoms with Crippen molar-refractivity contribution in [1.82, 2.24) is 14.8 Å². The number of rotatable bonds is 7. The van der Waals surface area contributed by atoms with Crippen LogP contribution in [0.2, 0.25) is 0 Å². The zero-order valence-electron chi connectivity index (χ0n) is 13.3. The molecule has 3 aromatic rings. The molecule has 2 aromatic heterocycles. The van der Waals surface area contributed by atoms with Crippen molar-refractivity contribution in [2.75, 3.05) is 11.1 Å². The van der Waals surface area contributed by atoms with E-state index in [9.17, 15) is 4.79 Å². The van der Waals surface area contributed by atoms with E-state index in [1.165, 1.54) is 0 Å². The predicted molar refractivity (Wildman–Crippen MR) is 99.4 cm³/mol. The van der Waals surface area contributed by atoms with E-state index in [2.05, 4.69) is 27.0 Å². The van der Waals surface area contributed by atoms with E-state index in [1.54, 1.807) is 23.1 Å². The number of anilines is 1. The van der Waals surface area contributed by atoms with Gasteiger partial charge >= 0.3 is 0 Å². The van der Waals surface area contributed by atoms with Crippen molar-refractivity contribution in [2.24, 2.45) is 0 Å². The van der Waals surface area contributed by atoms with Crippen LogP contribution in [0.25, 0.3) is 10.7 Å². The Balaban J connectivity index is 1.56. The van der Waals surface area contributed by atoms with Crippen LogP contribution in [-0.4, -0.2) is 26.4 Å². The number of thiophene rings is 1. The zero-order chi connectivity index (χ0) is 16.8. The molecular formula is C17H18N4OS2. The van der Waals surface area contributed by atoms with E-state index < -0.39 is 0 Å². The summed E-state index contributed by atoms with van der Waals surface area (Å²) in [6, 6.07) is 13.5. The maximum absolute atomic E-state index is 12.0. The van der Waals surface area contributed by atoms with Crippen molar-refractivity contribution in [2.45, 2.75) is 25.0 Å². The molecule has 0 aliphatic rings. The molecule has 0 fully saturated rings. The van der Waals surface area contributed by atoms with Gasteiger partial charge in [-0.1, -0.05) is 36.0 Å². The number of carbonyl (C=O) groups is 1. The highest BCUT2D eigenvalue weighted by Gasteiger charge is 2.14. The first-order valence-electron chi connectivity index (χ1n) is 7.72. The van der Waals surface area contributed by atoms with Gasteiger partial charge in [0.1, 0.15) is 0 Å². The van der Waals surface area contributed by atoms with Crippen molar-refractivity contribution in [3.05, 3.63) is 47.8 Å². The number of para-hydroxylation sites is 1. The minimum atomic E-state index is 0.00902. The summed E-state index contributed by atoms with van der Waals surface area (Å²) < 4.78 is 2.09. The van der Waals surface area contributed by atoms with Crippen LogP contribution in [0, 0.1) is 0 Å². The van der Waals surface area contributed by atoms with Gasteiger partial charge in [0.15, 0.2) is 11.0 Å². The topological polar surface area (TPSA) is 59.8 Å². The van der Waals surface area contributed by atoms with E-state index in [1.807, 2.05) is 47.8 Å². The van der Waals surface area contributed by atoms with Gasteiger partial charge in [0.2, 0.25) is 5.91 Å². The number of amides is 1. The Morgan fingerprint density at radius 1 is 1.21 bits per heavy atom. The Kier molecular flexibility index (Phi) is 5.66. The van der Waals surface area contributed by atoms with Gasteiger partial charge in [-0.2, -0.15) is 0 Å². The van der Waals surface area contributed by atoms with E-state index in [0.29, 0.717) is 12.2 Å². The van der Waals surface area contributed by atoms with Crippen LogP contribution in [0.3, 0.4) is 0 Å². The maximum atomic E-state index is 12.0. The van der Waals surface area contributed by atoms with Crippen LogP contribution in [0.15, 0.2) is 53.0 Å². The first kappa shape index (κ1) is 16.7. The Labute approximate surface area is 149 Å². The molecule has 0 spiro atoms. The summed E-state index contributed by atoms with van der Waals surface area (Å²) in [5.41, 5.74) is 0.823. The van der Waals surface area contributed by atoms with Gasteiger partial charge in [-0.25, -0.2) is 0 Å². The third-order valence-electron chi connectivity index (χ3n) is 3.39. The number of benzene rings is 1. The average Bonchev–Trinajstić information content (AvgIpc) is 3.24. The van der Waals surface area contributed by atoms with Gasteiger partial charge in [-0.15, -0.1) is 21.5 Å². The summed E-state index contributed by atoms with van der Waals surface area (Å²) in [4.78, 5) is 13.1. The Bertz CT molecular complexity index is 784. The molecule has 1 amide bonds. The van der Waals surface area contributed by atoms with Gasteiger partial charge in [-0.3, -0.25) is 4.79 Å². The van der Waals surface area contributed by atoms with Crippen molar-refractivity contribution < 1.29 is 4.79 Å². The molecule has 0 aliphatic carbocycles. The first-order chi connectivity index (χ1) is 11.8. The minimum absolute atomic E-state index is 0.00902. The van der Waals surface area contributed by atoms with Gasteiger partial charge in [0.05, 0.1) is 4.88 Å². The maximum Gasteiger partial charge on any atom is 0.225 e. The molecule has 124 valence electrons. The fraction of sp³-hybridized carbons (Fsp3) is 0.235. The number of hydrogen-bond donors (Lipinski definition) is 1. The molecule has 0 bridgehead atoms. The first-order valence-corrected chi connectivity index (χ1v) is 9.59. The number of nitrogens with one attached hydrogen (secondary N) is 1. The van der Waals surface area contributed by atoms with Gasteiger partial charge in [-0.05, 0) is 30.5 Å². The summed E-state index contributed by atoms with van der Waals surface area (Å²) in [6.07, 6.45) is 0.435. The van der Waals surface area contributed by atoms with Crippen LogP contribution in [-0.2, 0) is 11.3 Å². The van der Waals surface area contributed by atoms with Gasteiger partial charge in [0, 0.05) is 24.4 Å². The van der Waals surface area contributed by atoms with Crippen molar-refractivity contribution >= 4 is 34.7 Å². The third kappa shape index (κ3) is 4.04. The Morgan fingerprint density at radius 3 is 2.75 bits per heavy atom. The second-order valence-electron chi connectivity index (χ2n) is 5.04. The van der Waals surface area contributed by atoms with E-state index in [-0.39, 0.29) is 5.91 Å². The molecular weight excluding hydrogens is 340 g/mol. The largest absolute Gasteiger partial charge is 0.326 e. The van der Waals surface area contributed by atoms with Crippen LogP contribution in [0.1, 0.15) is 13.3 Å². The molecule has 2 heterocycles. The number of carbonyl (C=O) groups excluding carboxylic acids is 1. The summed E-state index contributed by atoms with van der Waals surface area (Å²) in [6.45, 7) is 2.88. The highest BCUT2D eigenvalue weighted by Crippen LogP contribution is 2.27. The second kappa shape index (κ2) is 8.12. The Hall–Kier alpha value is -2.12. The van der Waals surface area contributed by atoms with Crippen molar-refractivity contribution in [1.29, 1.82) is 0 Å². The van der Waals surface area contributed by atoms with Crippen LogP contribution < -0.4 is 5.32 Å². The minimum Gasteiger partial charge on any atom is -0.326 e. The predicted octanol–water partition coefficient (Wildman–Crippen LogP) is 4.15. The van der Waals surface area contributed by atoms with E-state index in [4.69, 9.17) is 0 Å². The van der Waals surface area contributed by atoms with Crippen molar-refractivity contribution in [3.8, 4) is 10.7 Å². The summed E-state index contributed by atoms with van der Waals surface area (Å²) in [7, 11) is 0. The zero-order valence-corrected chi connectivity index (χ0v) is 14.9. The molecule has 7 heteroatoms.